The fourth-order valence-electron chi connectivity index (χ4n) is 3.53. The molecule has 128 valence electrons. The first kappa shape index (κ1) is 15.0. The Morgan fingerprint density at radius 2 is 2.16 bits per heavy atom. The number of hydrogen-bond donors (Lipinski definition) is 1. The van der Waals surface area contributed by atoms with Crippen molar-refractivity contribution < 1.29 is 4.79 Å². The van der Waals surface area contributed by atoms with E-state index in [1.165, 1.54) is 5.56 Å². The predicted molar refractivity (Wildman–Crippen MR) is 98.5 cm³/mol. The van der Waals surface area contributed by atoms with Crippen LogP contribution in [0.2, 0.25) is 0 Å². The molecule has 5 rings (SSSR count). The highest BCUT2D eigenvalue weighted by Gasteiger charge is 2.30. The van der Waals surface area contributed by atoms with Gasteiger partial charge in [0.2, 0.25) is 5.91 Å². The summed E-state index contributed by atoms with van der Waals surface area (Å²) < 4.78 is 3.86. The monoisotopic (exact) mass is 353 g/mol. The summed E-state index contributed by atoms with van der Waals surface area (Å²) in [6, 6.07) is 8.05. The maximum Gasteiger partial charge on any atom is 0.245 e. The van der Waals surface area contributed by atoms with Gasteiger partial charge in [-0.15, -0.1) is 0 Å². The third kappa shape index (κ3) is 2.54. The van der Waals surface area contributed by atoms with Crippen molar-refractivity contribution in [1.29, 1.82) is 0 Å². The highest BCUT2D eigenvalue weighted by molar-refractivity contribution is 7.98. The zero-order chi connectivity index (χ0) is 17.0. The van der Waals surface area contributed by atoms with Gasteiger partial charge in [0.25, 0.3) is 0 Å². The van der Waals surface area contributed by atoms with Gasteiger partial charge >= 0.3 is 0 Å². The van der Waals surface area contributed by atoms with Crippen molar-refractivity contribution in [2.24, 2.45) is 7.05 Å². The number of imidazole rings is 1. The number of aryl methyl sites for hydroxylation is 1. The summed E-state index contributed by atoms with van der Waals surface area (Å²) >= 11 is 1.84. The number of nitrogens with zero attached hydrogens (tertiary/aromatic N) is 4. The second kappa shape index (κ2) is 5.62. The zero-order valence-electron chi connectivity index (χ0n) is 14.0. The Balaban J connectivity index is 1.45. The minimum atomic E-state index is -0.0206. The highest BCUT2D eigenvalue weighted by Crippen LogP contribution is 2.40. The first-order valence-corrected chi connectivity index (χ1v) is 9.73. The van der Waals surface area contributed by atoms with Gasteiger partial charge in [-0.25, -0.2) is 4.98 Å². The maximum atomic E-state index is 12.8. The zero-order valence-corrected chi connectivity index (χ0v) is 14.8. The van der Waals surface area contributed by atoms with Crippen molar-refractivity contribution in [3.63, 3.8) is 0 Å². The lowest BCUT2D eigenvalue weighted by Crippen LogP contribution is -2.22. The molecule has 2 aromatic heterocycles. The van der Waals surface area contributed by atoms with E-state index >= 15 is 0 Å². The number of carbonyl (C=O) groups is 1. The van der Waals surface area contributed by atoms with Gasteiger partial charge in [-0.2, -0.15) is 16.9 Å². The Hall–Kier alpha value is -2.28. The van der Waals surface area contributed by atoms with Crippen molar-refractivity contribution >= 4 is 34.5 Å². The van der Waals surface area contributed by atoms with E-state index in [0.717, 1.165) is 52.7 Å². The fourth-order valence-corrected chi connectivity index (χ4v) is 4.56. The number of anilines is 1. The van der Waals surface area contributed by atoms with Gasteiger partial charge in [-0.1, -0.05) is 12.1 Å². The quantitative estimate of drug-likeness (QED) is 0.783. The van der Waals surface area contributed by atoms with Crippen LogP contribution in [0.15, 0.2) is 24.3 Å². The molecule has 0 radical (unpaired) electrons. The number of benzene rings is 1. The second-order valence-electron chi connectivity index (χ2n) is 6.76. The molecule has 25 heavy (non-hydrogen) atoms. The van der Waals surface area contributed by atoms with Gasteiger partial charge in [-0.3, -0.25) is 9.48 Å². The molecule has 1 aromatic carbocycles. The molecule has 1 amide bonds. The summed E-state index contributed by atoms with van der Waals surface area (Å²) in [5.41, 5.74) is 4.26. The van der Waals surface area contributed by atoms with Crippen molar-refractivity contribution in [3.8, 4) is 0 Å². The third-order valence-electron chi connectivity index (χ3n) is 4.90. The first-order chi connectivity index (χ1) is 12.2. The Morgan fingerprint density at radius 1 is 1.32 bits per heavy atom. The van der Waals surface area contributed by atoms with Gasteiger partial charge in [-0.05, 0) is 25.0 Å². The average molecular weight is 353 g/mol. The number of nitrogens with one attached hydrogen (secondary N) is 1. The Labute approximate surface area is 149 Å². The number of rotatable bonds is 4. The van der Waals surface area contributed by atoms with Gasteiger partial charge in [0.1, 0.15) is 18.2 Å². The number of fused-ring (bicyclic) bond motifs is 2. The fraction of sp³-hybridized carbons (Fsp3) is 0.389. The molecule has 6 nitrogen and oxygen atoms in total. The molecule has 0 bridgehead atoms. The van der Waals surface area contributed by atoms with Crippen LogP contribution in [0.25, 0.3) is 11.0 Å². The summed E-state index contributed by atoms with van der Waals surface area (Å²) in [6.07, 6.45) is 2.33. The lowest BCUT2D eigenvalue weighted by molar-refractivity contribution is -0.116. The van der Waals surface area contributed by atoms with Gasteiger partial charge in [0, 0.05) is 30.0 Å². The smallest absolute Gasteiger partial charge is 0.245 e. The summed E-state index contributed by atoms with van der Waals surface area (Å²) in [6.45, 7) is 0.291. The van der Waals surface area contributed by atoms with Gasteiger partial charge in [0.15, 0.2) is 0 Å². The molecule has 1 N–H and O–H groups in total. The first-order valence-electron chi connectivity index (χ1n) is 8.58. The van der Waals surface area contributed by atoms with Crippen LogP contribution in [0.4, 0.5) is 5.82 Å². The number of amides is 1. The van der Waals surface area contributed by atoms with Gasteiger partial charge in [0.05, 0.1) is 16.7 Å². The number of para-hydroxylation sites is 2. The van der Waals surface area contributed by atoms with E-state index in [-0.39, 0.29) is 5.91 Å². The predicted octanol–water partition coefficient (Wildman–Crippen LogP) is 3.03. The standard InChI is InChI=1S/C18H19N5OS/c1-22-18(12-9-25-10-14(12)21-22)20-16(24)8-23-15-5-3-2-4-13(15)19-17(23)11-6-7-11/h2-5,11H,6-10H2,1H3,(H,20,24). The summed E-state index contributed by atoms with van der Waals surface area (Å²) in [5.74, 6) is 4.20. The van der Waals surface area contributed by atoms with Crippen molar-refractivity contribution in [3.05, 3.63) is 41.3 Å². The molecule has 1 aliphatic heterocycles. The van der Waals surface area contributed by atoms with Crippen molar-refractivity contribution in [2.45, 2.75) is 36.8 Å². The van der Waals surface area contributed by atoms with E-state index < -0.39 is 0 Å². The minimum Gasteiger partial charge on any atom is -0.318 e. The van der Waals surface area contributed by atoms with E-state index in [2.05, 4.69) is 15.0 Å². The molecule has 0 unspecified atom stereocenters. The third-order valence-corrected chi connectivity index (χ3v) is 5.87. The molecular formula is C18H19N5OS. The van der Waals surface area contributed by atoms with Crippen LogP contribution < -0.4 is 5.32 Å². The van der Waals surface area contributed by atoms with Crippen LogP contribution in [0, 0.1) is 0 Å². The number of thioether (sulfide) groups is 1. The Kier molecular flexibility index (Phi) is 3.38. The summed E-state index contributed by atoms with van der Waals surface area (Å²) in [5, 5.41) is 7.59. The minimum absolute atomic E-state index is 0.0206. The Morgan fingerprint density at radius 3 is 3.00 bits per heavy atom. The summed E-state index contributed by atoms with van der Waals surface area (Å²) in [7, 11) is 1.89. The molecule has 1 fully saturated rings. The highest BCUT2D eigenvalue weighted by atomic mass is 32.2. The lowest BCUT2D eigenvalue weighted by atomic mass is 10.3. The van der Waals surface area contributed by atoms with Gasteiger partial charge < -0.3 is 9.88 Å². The van der Waals surface area contributed by atoms with E-state index in [9.17, 15) is 4.79 Å². The molecule has 1 saturated carbocycles. The molecule has 0 atom stereocenters. The van der Waals surface area contributed by atoms with Crippen molar-refractivity contribution in [1.82, 2.24) is 19.3 Å². The topological polar surface area (TPSA) is 64.7 Å². The van der Waals surface area contributed by atoms with Crippen LogP contribution in [0.1, 0.15) is 35.8 Å². The van der Waals surface area contributed by atoms with Crippen LogP contribution in [-0.4, -0.2) is 25.2 Å². The van der Waals surface area contributed by atoms with Crippen molar-refractivity contribution in [2.75, 3.05) is 5.32 Å². The molecule has 1 aliphatic carbocycles. The molecular weight excluding hydrogens is 334 g/mol. The normalized spacial score (nSPS) is 16.4. The average Bonchev–Trinajstić information content (AvgIpc) is 3.15. The SMILES string of the molecule is Cn1nc2c(c1NC(=O)Cn1c(C3CC3)nc3ccccc31)CSC2. The van der Waals surface area contributed by atoms with Crippen LogP contribution >= 0.6 is 11.8 Å². The molecule has 0 saturated heterocycles. The van der Waals surface area contributed by atoms with Crippen LogP contribution in [0.5, 0.6) is 0 Å². The lowest BCUT2D eigenvalue weighted by Gasteiger charge is -2.11. The maximum absolute atomic E-state index is 12.8. The van der Waals surface area contributed by atoms with E-state index in [4.69, 9.17) is 4.98 Å². The number of hydrogen-bond acceptors (Lipinski definition) is 4. The van der Waals surface area contributed by atoms with E-state index in [1.54, 1.807) is 4.68 Å². The second-order valence-corrected chi connectivity index (χ2v) is 7.74. The van der Waals surface area contributed by atoms with E-state index in [0.29, 0.717) is 12.5 Å². The largest absolute Gasteiger partial charge is 0.318 e. The summed E-state index contributed by atoms with van der Waals surface area (Å²) in [4.78, 5) is 17.5. The Bertz CT molecular complexity index is 985. The molecule has 7 heteroatoms. The molecule has 0 spiro atoms. The number of aromatic nitrogens is 4. The number of carbonyl (C=O) groups excluding carboxylic acids is 1. The van der Waals surface area contributed by atoms with Crippen LogP contribution in [0.3, 0.4) is 0 Å². The molecule has 2 aliphatic rings. The van der Waals surface area contributed by atoms with E-state index in [1.807, 2.05) is 43.1 Å². The molecule has 3 aromatic rings. The van der Waals surface area contributed by atoms with Crippen LogP contribution in [-0.2, 0) is 29.9 Å². The molecule has 3 heterocycles.